The first-order chi connectivity index (χ1) is 9.67. The van der Waals surface area contributed by atoms with E-state index in [1.807, 2.05) is 20.8 Å². The number of carbonyl (C=O) groups is 2. The zero-order valence-electron chi connectivity index (χ0n) is 12.1. The third-order valence-electron chi connectivity index (χ3n) is 2.25. The van der Waals surface area contributed by atoms with Gasteiger partial charge in [-0.1, -0.05) is 6.07 Å². The molecule has 1 amide bonds. The minimum Gasteiger partial charge on any atom is -0.483 e. The molecule has 0 fully saturated rings. The normalized spacial score (nSPS) is 11.4. The summed E-state index contributed by atoms with van der Waals surface area (Å²) in [6.07, 6.45) is 2.53. The van der Waals surface area contributed by atoms with Gasteiger partial charge in [-0.25, -0.2) is 4.79 Å². The van der Waals surface area contributed by atoms with Crippen molar-refractivity contribution in [3.8, 4) is 5.75 Å². The van der Waals surface area contributed by atoms with Gasteiger partial charge in [0, 0.05) is 11.6 Å². The number of hydrogen-bond donors (Lipinski definition) is 2. The van der Waals surface area contributed by atoms with Crippen molar-refractivity contribution in [2.45, 2.75) is 26.3 Å². The van der Waals surface area contributed by atoms with Crippen molar-refractivity contribution in [3.05, 3.63) is 34.3 Å². The Bertz CT molecular complexity index is 561. The zero-order chi connectivity index (χ0) is 16.0. The molecule has 0 spiro atoms. The van der Waals surface area contributed by atoms with Crippen LogP contribution < -0.4 is 10.1 Å². The number of halogens is 1. The molecule has 0 aromatic heterocycles. The molecule has 0 saturated heterocycles. The Morgan fingerprint density at radius 3 is 2.57 bits per heavy atom. The monoisotopic (exact) mass is 355 g/mol. The van der Waals surface area contributed by atoms with Gasteiger partial charge in [0.15, 0.2) is 6.61 Å². The molecule has 0 atom stereocenters. The number of benzene rings is 1. The summed E-state index contributed by atoms with van der Waals surface area (Å²) in [5.74, 6) is -0.693. The van der Waals surface area contributed by atoms with E-state index in [4.69, 9.17) is 9.84 Å². The zero-order valence-corrected chi connectivity index (χ0v) is 13.7. The van der Waals surface area contributed by atoms with E-state index >= 15 is 0 Å². The van der Waals surface area contributed by atoms with Gasteiger partial charge in [-0.3, -0.25) is 4.79 Å². The maximum atomic E-state index is 11.7. The van der Waals surface area contributed by atoms with Crippen molar-refractivity contribution >= 4 is 33.9 Å². The molecule has 21 heavy (non-hydrogen) atoms. The second-order valence-corrected chi connectivity index (χ2v) is 6.30. The lowest BCUT2D eigenvalue weighted by atomic mass is 10.1. The van der Waals surface area contributed by atoms with Crippen molar-refractivity contribution < 1.29 is 19.4 Å². The van der Waals surface area contributed by atoms with Crippen LogP contribution in [0.5, 0.6) is 5.75 Å². The molecular formula is C15H18BrNO4. The van der Waals surface area contributed by atoms with Gasteiger partial charge in [0.25, 0.3) is 5.91 Å². The summed E-state index contributed by atoms with van der Waals surface area (Å²) in [7, 11) is 0. The molecule has 0 radical (unpaired) electrons. The number of hydrogen-bond acceptors (Lipinski definition) is 3. The fraction of sp³-hybridized carbons (Fsp3) is 0.333. The van der Waals surface area contributed by atoms with E-state index in [1.54, 1.807) is 18.2 Å². The van der Waals surface area contributed by atoms with Gasteiger partial charge >= 0.3 is 5.97 Å². The van der Waals surface area contributed by atoms with Crippen LogP contribution in [0.2, 0.25) is 0 Å². The highest BCUT2D eigenvalue weighted by Crippen LogP contribution is 2.26. The molecule has 1 aromatic rings. The number of carboxylic acid groups (broad SMARTS) is 1. The minimum absolute atomic E-state index is 0.0832. The number of aliphatic carboxylic acids is 1. The van der Waals surface area contributed by atoms with Gasteiger partial charge in [-0.15, -0.1) is 0 Å². The van der Waals surface area contributed by atoms with E-state index in [0.717, 1.165) is 11.6 Å². The summed E-state index contributed by atoms with van der Waals surface area (Å²) < 4.78 is 6.08. The third-order valence-corrected chi connectivity index (χ3v) is 2.87. The van der Waals surface area contributed by atoms with Crippen LogP contribution in [0.4, 0.5) is 0 Å². The van der Waals surface area contributed by atoms with Crippen LogP contribution in [0, 0.1) is 0 Å². The largest absolute Gasteiger partial charge is 0.483 e. The number of carboxylic acids is 1. The summed E-state index contributed by atoms with van der Waals surface area (Å²) in [5, 5.41) is 11.4. The van der Waals surface area contributed by atoms with Gasteiger partial charge in [0.2, 0.25) is 0 Å². The number of rotatable bonds is 5. The molecule has 2 N–H and O–H groups in total. The highest BCUT2D eigenvalue weighted by molar-refractivity contribution is 9.10. The lowest BCUT2D eigenvalue weighted by molar-refractivity contribution is -0.131. The maximum absolute atomic E-state index is 11.7. The first kappa shape index (κ1) is 17.2. The van der Waals surface area contributed by atoms with Crippen molar-refractivity contribution in [2.75, 3.05) is 6.61 Å². The Kier molecular flexibility index (Phi) is 5.96. The predicted octanol–water partition coefficient (Wildman–Crippen LogP) is 2.84. The van der Waals surface area contributed by atoms with E-state index in [1.165, 1.54) is 6.08 Å². The lowest BCUT2D eigenvalue weighted by Crippen LogP contribution is -2.43. The summed E-state index contributed by atoms with van der Waals surface area (Å²) in [6, 6.07) is 5.10. The molecule has 0 aliphatic carbocycles. The molecular weight excluding hydrogens is 338 g/mol. The Balaban J connectivity index is 2.65. The van der Waals surface area contributed by atoms with E-state index in [0.29, 0.717) is 10.2 Å². The van der Waals surface area contributed by atoms with Crippen LogP contribution in [0.15, 0.2) is 28.7 Å². The van der Waals surface area contributed by atoms with Crippen LogP contribution in [-0.2, 0) is 9.59 Å². The van der Waals surface area contributed by atoms with Crippen LogP contribution in [0.25, 0.3) is 6.08 Å². The number of carbonyl (C=O) groups excluding carboxylic acids is 1. The maximum Gasteiger partial charge on any atom is 0.328 e. The highest BCUT2D eigenvalue weighted by Gasteiger charge is 2.14. The number of nitrogens with one attached hydrogen (secondary N) is 1. The van der Waals surface area contributed by atoms with Gasteiger partial charge in [0.1, 0.15) is 5.75 Å². The average molecular weight is 356 g/mol. The minimum atomic E-state index is -1.01. The van der Waals surface area contributed by atoms with Gasteiger partial charge < -0.3 is 15.2 Å². The SMILES string of the molecule is CC(C)(C)NC(=O)COc1ccc(C=CC(=O)O)cc1Br. The lowest BCUT2D eigenvalue weighted by Gasteiger charge is -2.20. The van der Waals surface area contributed by atoms with Crippen LogP contribution >= 0.6 is 15.9 Å². The van der Waals surface area contributed by atoms with Crippen LogP contribution in [0.3, 0.4) is 0 Å². The van der Waals surface area contributed by atoms with Crippen molar-refractivity contribution in [1.82, 2.24) is 5.32 Å². The standard InChI is InChI=1S/C15H18BrNO4/c1-15(2,3)17-13(18)9-21-12-6-4-10(8-11(12)16)5-7-14(19)20/h4-8H,9H2,1-3H3,(H,17,18)(H,19,20). The highest BCUT2D eigenvalue weighted by atomic mass is 79.9. The third kappa shape index (κ3) is 6.94. The molecule has 0 bridgehead atoms. The van der Waals surface area contributed by atoms with E-state index in [9.17, 15) is 9.59 Å². The predicted molar refractivity (Wildman–Crippen MR) is 84.2 cm³/mol. The van der Waals surface area contributed by atoms with Crippen LogP contribution in [0.1, 0.15) is 26.3 Å². The van der Waals surface area contributed by atoms with E-state index in [-0.39, 0.29) is 18.1 Å². The first-order valence-electron chi connectivity index (χ1n) is 6.32. The molecule has 5 nitrogen and oxygen atoms in total. The molecule has 1 aromatic carbocycles. The second-order valence-electron chi connectivity index (χ2n) is 5.45. The average Bonchev–Trinajstić information content (AvgIpc) is 2.33. The molecule has 0 aliphatic heterocycles. The van der Waals surface area contributed by atoms with Crippen LogP contribution in [-0.4, -0.2) is 29.1 Å². The Morgan fingerprint density at radius 1 is 1.38 bits per heavy atom. The summed E-state index contributed by atoms with van der Waals surface area (Å²) in [5.41, 5.74) is 0.416. The second kappa shape index (κ2) is 7.26. The van der Waals surface area contributed by atoms with E-state index < -0.39 is 5.97 Å². The molecule has 114 valence electrons. The van der Waals surface area contributed by atoms with Gasteiger partial charge in [0.05, 0.1) is 4.47 Å². The summed E-state index contributed by atoms with van der Waals surface area (Å²) in [4.78, 5) is 22.1. The molecule has 0 unspecified atom stereocenters. The number of ether oxygens (including phenoxy) is 1. The summed E-state index contributed by atoms with van der Waals surface area (Å²) in [6.45, 7) is 5.60. The van der Waals surface area contributed by atoms with Crippen molar-refractivity contribution in [2.24, 2.45) is 0 Å². The topological polar surface area (TPSA) is 75.6 Å². The van der Waals surface area contributed by atoms with Gasteiger partial charge in [-0.2, -0.15) is 0 Å². The molecule has 1 rings (SSSR count). The summed E-state index contributed by atoms with van der Waals surface area (Å²) >= 11 is 3.33. The Morgan fingerprint density at radius 2 is 2.05 bits per heavy atom. The quantitative estimate of drug-likeness (QED) is 0.796. The van der Waals surface area contributed by atoms with Gasteiger partial charge in [-0.05, 0) is 60.5 Å². The van der Waals surface area contributed by atoms with Crippen molar-refractivity contribution in [1.29, 1.82) is 0 Å². The molecule has 0 aliphatic rings. The smallest absolute Gasteiger partial charge is 0.328 e. The number of amides is 1. The molecule has 6 heteroatoms. The Hall–Kier alpha value is -1.82. The van der Waals surface area contributed by atoms with E-state index in [2.05, 4.69) is 21.2 Å². The fourth-order valence-corrected chi connectivity index (χ4v) is 2.01. The Labute approximate surface area is 132 Å². The van der Waals surface area contributed by atoms with Crippen molar-refractivity contribution in [3.63, 3.8) is 0 Å². The molecule has 0 heterocycles. The first-order valence-corrected chi connectivity index (χ1v) is 7.11. The fourth-order valence-electron chi connectivity index (χ4n) is 1.50. The molecule has 0 saturated carbocycles.